The molecule has 2 heterocycles. The van der Waals surface area contributed by atoms with Crippen LogP contribution in [0.5, 0.6) is 0 Å². The molecule has 1 amide bonds. The van der Waals surface area contributed by atoms with Gasteiger partial charge in [0.05, 0.1) is 30.8 Å². The Morgan fingerprint density at radius 3 is 3.04 bits per heavy atom. The molecule has 1 atom stereocenters. The van der Waals surface area contributed by atoms with Crippen molar-refractivity contribution >= 4 is 17.7 Å². The van der Waals surface area contributed by atoms with Crippen LogP contribution in [0.2, 0.25) is 0 Å². The number of aromatic nitrogens is 1. The van der Waals surface area contributed by atoms with Crippen LogP contribution in [0.4, 0.5) is 0 Å². The van der Waals surface area contributed by atoms with E-state index in [0.29, 0.717) is 31.1 Å². The SMILES string of the molecule is Cc1c(SCC(=O)N2CCOC(CN(C)C)C2)ccnc1CO. The second kappa shape index (κ2) is 8.63. The number of aliphatic hydroxyl groups excluding tert-OH is 1. The van der Waals surface area contributed by atoms with Gasteiger partial charge in [0.15, 0.2) is 0 Å². The van der Waals surface area contributed by atoms with Crippen LogP contribution in [0.25, 0.3) is 0 Å². The smallest absolute Gasteiger partial charge is 0.233 e. The van der Waals surface area contributed by atoms with Gasteiger partial charge in [-0.2, -0.15) is 0 Å². The van der Waals surface area contributed by atoms with Crippen molar-refractivity contribution in [3.63, 3.8) is 0 Å². The number of hydrogen-bond donors (Lipinski definition) is 1. The van der Waals surface area contributed by atoms with E-state index in [2.05, 4.69) is 9.88 Å². The van der Waals surface area contributed by atoms with Crippen LogP contribution in [-0.4, -0.2) is 78.0 Å². The van der Waals surface area contributed by atoms with E-state index in [-0.39, 0.29) is 18.6 Å². The highest BCUT2D eigenvalue weighted by Crippen LogP contribution is 2.24. The Balaban J connectivity index is 1.89. The first-order chi connectivity index (χ1) is 11.0. The summed E-state index contributed by atoms with van der Waals surface area (Å²) < 4.78 is 5.70. The van der Waals surface area contributed by atoms with Crippen molar-refractivity contribution in [1.29, 1.82) is 0 Å². The first kappa shape index (κ1) is 18.2. The second-order valence-corrected chi connectivity index (χ2v) is 6.94. The fraction of sp³-hybridized carbons (Fsp3) is 0.625. The third-order valence-corrected chi connectivity index (χ3v) is 4.96. The Morgan fingerprint density at radius 1 is 1.57 bits per heavy atom. The summed E-state index contributed by atoms with van der Waals surface area (Å²) >= 11 is 1.50. The van der Waals surface area contributed by atoms with E-state index in [1.54, 1.807) is 6.20 Å². The average Bonchev–Trinajstić information content (AvgIpc) is 2.53. The minimum absolute atomic E-state index is 0.0795. The van der Waals surface area contributed by atoms with Gasteiger partial charge < -0.3 is 19.6 Å². The van der Waals surface area contributed by atoms with Gasteiger partial charge >= 0.3 is 0 Å². The summed E-state index contributed by atoms with van der Waals surface area (Å²) in [5.74, 6) is 0.522. The van der Waals surface area contributed by atoms with Gasteiger partial charge in [-0.05, 0) is 32.6 Å². The van der Waals surface area contributed by atoms with E-state index in [9.17, 15) is 9.90 Å². The summed E-state index contributed by atoms with van der Waals surface area (Å²) in [6.07, 6.45) is 1.75. The largest absolute Gasteiger partial charge is 0.390 e. The van der Waals surface area contributed by atoms with Gasteiger partial charge in [0.2, 0.25) is 5.91 Å². The molecule has 1 fully saturated rings. The van der Waals surface area contributed by atoms with Crippen molar-refractivity contribution < 1.29 is 14.6 Å². The van der Waals surface area contributed by atoms with Crippen LogP contribution in [0.1, 0.15) is 11.3 Å². The zero-order valence-corrected chi connectivity index (χ0v) is 14.8. The summed E-state index contributed by atoms with van der Waals surface area (Å²) in [7, 11) is 4.01. The maximum Gasteiger partial charge on any atom is 0.233 e. The van der Waals surface area contributed by atoms with E-state index in [0.717, 1.165) is 17.0 Å². The molecule has 0 aromatic carbocycles. The van der Waals surface area contributed by atoms with Crippen LogP contribution in [0.15, 0.2) is 17.2 Å². The molecule has 1 aromatic heterocycles. The van der Waals surface area contributed by atoms with Crippen LogP contribution >= 0.6 is 11.8 Å². The minimum atomic E-state index is -0.0795. The fourth-order valence-electron chi connectivity index (χ4n) is 2.57. The minimum Gasteiger partial charge on any atom is -0.390 e. The molecule has 1 unspecified atom stereocenters. The standard InChI is InChI=1S/C16H25N3O3S/c1-12-14(10-20)17-5-4-15(12)23-11-16(21)19-6-7-22-13(9-19)8-18(2)3/h4-5,13,20H,6-11H2,1-3H3. The third kappa shape index (κ3) is 5.17. The van der Waals surface area contributed by atoms with E-state index in [4.69, 9.17) is 4.74 Å². The highest BCUT2D eigenvalue weighted by Gasteiger charge is 2.24. The number of rotatable bonds is 6. The molecule has 6 nitrogen and oxygen atoms in total. The van der Waals surface area contributed by atoms with E-state index in [1.807, 2.05) is 32.0 Å². The number of ether oxygens (including phenoxy) is 1. The predicted molar refractivity (Wildman–Crippen MR) is 90.5 cm³/mol. The fourth-order valence-corrected chi connectivity index (χ4v) is 3.52. The maximum atomic E-state index is 12.4. The first-order valence-electron chi connectivity index (χ1n) is 7.73. The summed E-state index contributed by atoms with van der Waals surface area (Å²) in [6, 6.07) is 1.89. The maximum absolute atomic E-state index is 12.4. The lowest BCUT2D eigenvalue weighted by atomic mass is 10.2. The van der Waals surface area contributed by atoms with E-state index < -0.39 is 0 Å². The number of morpholine rings is 1. The molecule has 1 saturated heterocycles. The highest BCUT2D eigenvalue weighted by molar-refractivity contribution is 8.00. The Hall–Kier alpha value is -1.15. The molecule has 1 aromatic rings. The van der Waals surface area contributed by atoms with Crippen molar-refractivity contribution in [2.24, 2.45) is 0 Å². The molecule has 7 heteroatoms. The Morgan fingerprint density at radius 2 is 2.35 bits per heavy atom. The highest BCUT2D eigenvalue weighted by atomic mass is 32.2. The molecule has 2 rings (SSSR count). The number of carbonyl (C=O) groups excluding carboxylic acids is 1. The number of likely N-dealkylation sites (N-methyl/N-ethyl adjacent to an activating group) is 1. The molecule has 1 N–H and O–H groups in total. The van der Waals surface area contributed by atoms with E-state index in [1.165, 1.54) is 11.8 Å². The van der Waals surface area contributed by atoms with Crippen molar-refractivity contribution in [2.45, 2.75) is 24.5 Å². The number of nitrogens with zero attached hydrogens (tertiary/aromatic N) is 3. The molecule has 0 saturated carbocycles. The lowest BCUT2D eigenvalue weighted by molar-refractivity contribution is -0.136. The number of hydrogen-bond acceptors (Lipinski definition) is 6. The molecule has 23 heavy (non-hydrogen) atoms. The van der Waals surface area contributed by atoms with Gasteiger partial charge in [-0.3, -0.25) is 9.78 Å². The Bertz CT molecular complexity index is 539. The number of amides is 1. The molecule has 0 radical (unpaired) electrons. The van der Waals surface area contributed by atoms with Crippen LogP contribution in [0, 0.1) is 6.92 Å². The molecule has 0 bridgehead atoms. The van der Waals surface area contributed by atoms with Gasteiger partial charge in [-0.25, -0.2) is 0 Å². The molecule has 0 aliphatic carbocycles. The summed E-state index contributed by atoms with van der Waals surface area (Å²) in [5.41, 5.74) is 1.61. The van der Waals surface area contributed by atoms with Gasteiger partial charge in [0.1, 0.15) is 0 Å². The zero-order chi connectivity index (χ0) is 16.8. The number of aliphatic hydroxyl groups is 1. The summed E-state index contributed by atoms with van der Waals surface area (Å²) in [6.45, 7) is 4.56. The van der Waals surface area contributed by atoms with Crippen LogP contribution < -0.4 is 0 Å². The van der Waals surface area contributed by atoms with Crippen LogP contribution in [0.3, 0.4) is 0 Å². The van der Waals surface area contributed by atoms with Crippen molar-refractivity contribution in [1.82, 2.24) is 14.8 Å². The van der Waals surface area contributed by atoms with Crippen molar-refractivity contribution in [3.8, 4) is 0 Å². The first-order valence-corrected chi connectivity index (χ1v) is 8.72. The average molecular weight is 339 g/mol. The normalized spacial score (nSPS) is 18.5. The summed E-state index contributed by atoms with van der Waals surface area (Å²) in [4.78, 5) is 21.5. The van der Waals surface area contributed by atoms with Gasteiger partial charge in [-0.1, -0.05) is 0 Å². The topological polar surface area (TPSA) is 65.9 Å². The molecule has 128 valence electrons. The lowest BCUT2D eigenvalue weighted by Crippen LogP contribution is -2.49. The van der Waals surface area contributed by atoms with Gasteiger partial charge in [0.25, 0.3) is 0 Å². The van der Waals surface area contributed by atoms with E-state index >= 15 is 0 Å². The number of pyridine rings is 1. The zero-order valence-electron chi connectivity index (χ0n) is 14.0. The molecular formula is C16H25N3O3S. The van der Waals surface area contributed by atoms with Gasteiger partial charge in [0, 0.05) is 30.7 Å². The summed E-state index contributed by atoms with van der Waals surface area (Å²) in [5, 5.41) is 9.26. The number of thioether (sulfide) groups is 1. The molecule has 0 spiro atoms. The monoisotopic (exact) mass is 339 g/mol. The Kier molecular flexibility index (Phi) is 6.83. The van der Waals surface area contributed by atoms with Crippen molar-refractivity contribution in [3.05, 3.63) is 23.5 Å². The van der Waals surface area contributed by atoms with Crippen molar-refractivity contribution in [2.75, 3.05) is 46.1 Å². The predicted octanol–water partition coefficient (Wildman–Crippen LogP) is 0.763. The quantitative estimate of drug-likeness (QED) is 0.772. The van der Waals surface area contributed by atoms with Crippen LogP contribution in [-0.2, 0) is 16.1 Å². The Labute approximate surface area is 141 Å². The molecular weight excluding hydrogens is 314 g/mol. The lowest BCUT2D eigenvalue weighted by Gasteiger charge is -2.34. The third-order valence-electron chi connectivity index (χ3n) is 3.82. The van der Waals surface area contributed by atoms with Gasteiger partial charge in [-0.15, -0.1) is 11.8 Å². The molecule has 1 aliphatic heterocycles. The second-order valence-electron chi connectivity index (χ2n) is 5.92. The number of carbonyl (C=O) groups is 1. The molecule has 1 aliphatic rings.